The Bertz CT molecular complexity index is 1260. The predicted octanol–water partition coefficient (Wildman–Crippen LogP) is 3.98. The van der Waals surface area contributed by atoms with E-state index in [1.807, 2.05) is 24.3 Å². The van der Waals surface area contributed by atoms with Crippen molar-refractivity contribution in [2.75, 3.05) is 19.4 Å². The van der Waals surface area contributed by atoms with E-state index in [-0.39, 0.29) is 24.0 Å². The summed E-state index contributed by atoms with van der Waals surface area (Å²) in [6, 6.07) is 22.7. The number of ether oxygens (including phenoxy) is 1. The fourth-order valence-corrected chi connectivity index (χ4v) is 4.38. The lowest BCUT2D eigenvalue weighted by Crippen LogP contribution is -2.26. The van der Waals surface area contributed by atoms with Crippen molar-refractivity contribution in [3.05, 3.63) is 89.5 Å². The summed E-state index contributed by atoms with van der Waals surface area (Å²) in [5.41, 5.74) is 5.23. The average Bonchev–Trinajstić information content (AvgIpc) is 3.09. The number of benzene rings is 3. The van der Waals surface area contributed by atoms with E-state index in [0.717, 1.165) is 17.4 Å². The van der Waals surface area contributed by atoms with Gasteiger partial charge in [-0.1, -0.05) is 66.4 Å². The largest absolute Gasteiger partial charge is 0.449 e. The number of alkyl carbamates (subject to hydrolysis) is 1. The van der Waals surface area contributed by atoms with Gasteiger partial charge in [0.15, 0.2) is 9.84 Å². The molecular weight excluding hydrogens is 410 g/mol. The molecule has 0 radical (unpaired) electrons. The van der Waals surface area contributed by atoms with Gasteiger partial charge >= 0.3 is 6.09 Å². The van der Waals surface area contributed by atoms with Crippen LogP contribution in [-0.2, 0) is 14.6 Å². The van der Waals surface area contributed by atoms with Gasteiger partial charge in [-0.3, -0.25) is 0 Å². The zero-order valence-electron chi connectivity index (χ0n) is 17.0. The molecule has 3 aromatic carbocycles. The molecule has 0 fully saturated rings. The molecule has 0 spiro atoms. The molecule has 4 rings (SSSR count). The Morgan fingerprint density at radius 3 is 2.26 bits per heavy atom. The highest BCUT2D eigenvalue weighted by molar-refractivity contribution is 7.90. The summed E-state index contributed by atoms with van der Waals surface area (Å²) < 4.78 is 28.7. The number of rotatable bonds is 4. The van der Waals surface area contributed by atoms with Gasteiger partial charge in [0.05, 0.1) is 11.4 Å². The van der Waals surface area contributed by atoms with Crippen LogP contribution in [0.1, 0.15) is 22.6 Å². The number of carbonyl (C=O) groups excluding carboxylic acids is 1. The Morgan fingerprint density at radius 1 is 0.968 bits per heavy atom. The van der Waals surface area contributed by atoms with Crippen LogP contribution in [0.15, 0.2) is 77.7 Å². The van der Waals surface area contributed by atoms with Crippen molar-refractivity contribution >= 4 is 15.9 Å². The number of hydrogen-bond donors (Lipinski definition) is 1. The molecule has 0 atom stereocenters. The fraction of sp³-hybridized carbons (Fsp3) is 0.160. The lowest BCUT2D eigenvalue weighted by Gasteiger charge is -2.14. The lowest BCUT2D eigenvalue weighted by atomic mass is 9.98. The van der Waals surface area contributed by atoms with Gasteiger partial charge in [-0.15, -0.1) is 0 Å². The first-order valence-electron chi connectivity index (χ1n) is 9.81. The molecule has 0 bridgehead atoms. The van der Waals surface area contributed by atoms with Crippen LogP contribution in [0.2, 0.25) is 0 Å². The zero-order chi connectivity index (χ0) is 21.8. The summed E-state index contributed by atoms with van der Waals surface area (Å²) in [7, 11) is -3.28. The number of sulfone groups is 1. The first kappa shape index (κ1) is 20.7. The maximum Gasteiger partial charge on any atom is 0.407 e. The van der Waals surface area contributed by atoms with Gasteiger partial charge in [0.25, 0.3) is 0 Å². The van der Waals surface area contributed by atoms with E-state index in [1.54, 1.807) is 12.1 Å². The minimum atomic E-state index is -3.28. The molecular formula is C25H21NO4S. The Balaban J connectivity index is 1.35. The summed E-state index contributed by atoms with van der Waals surface area (Å²) in [5.74, 6) is 5.67. The molecule has 1 aliphatic carbocycles. The molecule has 0 saturated carbocycles. The van der Waals surface area contributed by atoms with Crippen molar-refractivity contribution in [3.8, 4) is 23.0 Å². The van der Waals surface area contributed by atoms with Gasteiger partial charge < -0.3 is 10.1 Å². The molecule has 1 N–H and O–H groups in total. The zero-order valence-corrected chi connectivity index (χ0v) is 17.8. The van der Waals surface area contributed by atoms with Crippen LogP contribution >= 0.6 is 0 Å². The Labute approximate surface area is 182 Å². The van der Waals surface area contributed by atoms with Crippen LogP contribution < -0.4 is 5.32 Å². The van der Waals surface area contributed by atoms with Crippen molar-refractivity contribution < 1.29 is 17.9 Å². The minimum absolute atomic E-state index is 0.00275. The number of nitrogens with one attached hydrogen (secondary N) is 1. The monoisotopic (exact) mass is 431 g/mol. The molecule has 0 aromatic heterocycles. The third kappa shape index (κ3) is 4.62. The lowest BCUT2D eigenvalue weighted by molar-refractivity contribution is 0.144. The number of hydrogen-bond acceptors (Lipinski definition) is 4. The van der Waals surface area contributed by atoms with E-state index < -0.39 is 15.9 Å². The first-order valence-corrected chi connectivity index (χ1v) is 11.7. The predicted molar refractivity (Wildman–Crippen MR) is 120 cm³/mol. The molecule has 0 unspecified atom stereocenters. The van der Waals surface area contributed by atoms with Crippen LogP contribution in [0, 0.1) is 11.8 Å². The van der Waals surface area contributed by atoms with E-state index in [0.29, 0.717) is 5.56 Å². The Hall–Kier alpha value is -3.56. The van der Waals surface area contributed by atoms with Crippen LogP contribution in [0.4, 0.5) is 4.79 Å². The molecule has 6 heteroatoms. The molecule has 0 saturated heterocycles. The molecule has 31 heavy (non-hydrogen) atoms. The summed E-state index contributed by atoms with van der Waals surface area (Å²) in [6.45, 7) is 0.337. The highest BCUT2D eigenvalue weighted by Gasteiger charge is 2.28. The van der Waals surface area contributed by atoms with E-state index in [1.165, 1.54) is 23.3 Å². The number of amides is 1. The summed E-state index contributed by atoms with van der Waals surface area (Å²) in [5, 5.41) is 2.62. The van der Waals surface area contributed by atoms with Gasteiger partial charge in [0, 0.05) is 17.7 Å². The van der Waals surface area contributed by atoms with E-state index in [9.17, 15) is 13.2 Å². The van der Waals surface area contributed by atoms with Crippen molar-refractivity contribution in [1.82, 2.24) is 5.32 Å². The van der Waals surface area contributed by atoms with Crippen molar-refractivity contribution in [2.45, 2.75) is 10.8 Å². The second-order valence-electron chi connectivity index (χ2n) is 7.28. The summed E-state index contributed by atoms with van der Waals surface area (Å²) in [6.07, 6.45) is 0.610. The van der Waals surface area contributed by atoms with Crippen molar-refractivity contribution in [1.29, 1.82) is 0 Å². The molecule has 0 aliphatic heterocycles. The van der Waals surface area contributed by atoms with Gasteiger partial charge in [0.1, 0.15) is 6.61 Å². The van der Waals surface area contributed by atoms with Crippen LogP contribution in [0.5, 0.6) is 0 Å². The topological polar surface area (TPSA) is 72.5 Å². The Morgan fingerprint density at radius 2 is 1.61 bits per heavy atom. The second kappa shape index (κ2) is 8.66. The second-order valence-corrected chi connectivity index (χ2v) is 9.30. The summed E-state index contributed by atoms with van der Waals surface area (Å²) >= 11 is 0. The fourth-order valence-electron chi connectivity index (χ4n) is 3.72. The number of carbonyl (C=O) groups is 1. The maximum absolute atomic E-state index is 12.1. The summed E-state index contributed by atoms with van der Waals surface area (Å²) in [4.78, 5) is 12.4. The molecule has 0 heterocycles. The highest BCUT2D eigenvalue weighted by atomic mass is 32.2. The van der Waals surface area contributed by atoms with Gasteiger partial charge in [-0.25, -0.2) is 13.2 Å². The van der Waals surface area contributed by atoms with Crippen molar-refractivity contribution in [3.63, 3.8) is 0 Å². The molecule has 1 amide bonds. The van der Waals surface area contributed by atoms with Gasteiger partial charge in [0.2, 0.25) is 0 Å². The molecule has 1 aliphatic rings. The van der Waals surface area contributed by atoms with E-state index >= 15 is 0 Å². The third-order valence-corrected chi connectivity index (χ3v) is 6.27. The van der Waals surface area contributed by atoms with Crippen LogP contribution in [0.3, 0.4) is 0 Å². The van der Waals surface area contributed by atoms with Gasteiger partial charge in [-0.2, -0.15) is 0 Å². The van der Waals surface area contributed by atoms with Crippen molar-refractivity contribution in [2.24, 2.45) is 0 Å². The SMILES string of the molecule is CS(=O)(=O)c1cccc(C#CCNC(=O)OCC2c3ccccc3-c3ccccc32)c1. The van der Waals surface area contributed by atoms with E-state index in [2.05, 4.69) is 41.4 Å². The maximum atomic E-state index is 12.1. The number of fused-ring (bicyclic) bond motifs is 3. The first-order chi connectivity index (χ1) is 14.9. The van der Waals surface area contributed by atoms with Gasteiger partial charge in [-0.05, 0) is 40.5 Å². The minimum Gasteiger partial charge on any atom is -0.449 e. The van der Waals surface area contributed by atoms with Crippen LogP contribution in [0.25, 0.3) is 11.1 Å². The highest BCUT2D eigenvalue weighted by Crippen LogP contribution is 2.44. The third-order valence-electron chi connectivity index (χ3n) is 5.16. The quantitative estimate of drug-likeness (QED) is 0.635. The smallest absolute Gasteiger partial charge is 0.407 e. The standard InChI is InChI=1S/C25H21NO4S/c1-31(28,29)19-10-6-8-18(16-19)9-7-15-26-25(27)30-17-24-22-13-4-2-11-20(22)21-12-3-5-14-23(21)24/h2-6,8,10-14,16,24H,15,17H2,1H3,(H,26,27). The average molecular weight is 432 g/mol. The molecule has 5 nitrogen and oxygen atoms in total. The van der Waals surface area contributed by atoms with Crippen LogP contribution in [-0.4, -0.2) is 33.9 Å². The Kier molecular flexibility index (Phi) is 5.79. The van der Waals surface area contributed by atoms with E-state index in [4.69, 9.17) is 4.74 Å². The molecule has 3 aromatic rings. The molecule has 156 valence electrons. The normalized spacial score (nSPS) is 12.3.